The second-order valence-corrected chi connectivity index (χ2v) is 15.4. The molecule has 12 nitrogen and oxygen atoms in total. The molecule has 3 amide bonds. The van der Waals surface area contributed by atoms with E-state index in [1.165, 1.54) is 6.07 Å². The molecule has 12 heteroatoms. The molecule has 5 N–H and O–H groups in total. The van der Waals surface area contributed by atoms with E-state index < -0.39 is 6.09 Å². The van der Waals surface area contributed by atoms with E-state index in [1.807, 2.05) is 109 Å². The molecule has 0 saturated carbocycles. The number of piperidine rings is 1. The van der Waals surface area contributed by atoms with E-state index >= 15 is 0 Å². The molecule has 5 aromatic carbocycles. The SMILES string of the molecule is CN(C(=O)CCN1CCC(OC(=O)Nc2ccccc2-c2ccccc2)CC1)c1cccc(CC(=O)Nc2ccc(CCNCCc3ccc(O)c4[nH]c(=O)ccc34)cc2)c1. The summed E-state index contributed by atoms with van der Waals surface area (Å²) in [6.07, 6.45) is 2.80. The number of rotatable bonds is 16. The number of aromatic hydroxyl groups is 1. The summed E-state index contributed by atoms with van der Waals surface area (Å²) >= 11 is 0. The molecule has 0 spiro atoms. The Morgan fingerprint density at radius 3 is 2.36 bits per heavy atom. The summed E-state index contributed by atoms with van der Waals surface area (Å²) < 4.78 is 5.78. The predicted molar refractivity (Wildman–Crippen MR) is 241 cm³/mol. The number of nitrogens with one attached hydrogen (secondary N) is 4. The predicted octanol–water partition coefficient (Wildman–Crippen LogP) is 7.52. The van der Waals surface area contributed by atoms with Crippen molar-refractivity contribution in [1.82, 2.24) is 15.2 Å². The molecule has 7 rings (SSSR count). The van der Waals surface area contributed by atoms with E-state index in [-0.39, 0.29) is 35.6 Å². The van der Waals surface area contributed by atoms with E-state index in [1.54, 1.807) is 24.1 Å². The Kier molecular flexibility index (Phi) is 14.2. The minimum atomic E-state index is -0.468. The van der Waals surface area contributed by atoms with Crippen LogP contribution in [0.5, 0.6) is 5.75 Å². The lowest BCUT2D eigenvalue weighted by atomic mass is 10.0. The molecule has 0 unspecified atom stereocenters. The van der Waals surface area contributed by atoms with Crippen LogP contribution in [0.3, 0.4) is 0 Å². The van der Waals surface area contributed by atoms with Gasteiger partial charge in [-0.05, 0) is 103 Å². The van der Waals surface area contributed by atoms with Gasteiger partial charge < -0.3 is 35.3 Å². The van der Waals surface area contributed by atoms with Gasteiger partial charge in [-0.15, -0.1) is 0 Å². The first kappa shape index (κ1) is 42.4. The molecule has 0 bridgehead atoms. The number of carbonyl (C=O) groups excluding carboxylic acids is 3. The van der Waals surface area contributed by atoms with Gasteiger partial charge in [0.2, 0.25) is 17.4 Å². The number of carbonyl (C=O) groups is 3. The van der Waals surface area contributed by atoms with Crippen molar-refractivity contribution in [3.05, 3.63) is 154 Å². The van der Waals surface area contributed by atoms with Crippen molar-refractivity contribution >= 4 is 45.9 Å². The summed E-state index contributed by atoms with van der Waals surface area (Å²) in [7, 11) is 1.76. The third kappa shape index (κ3) is 11.7. The quantitative estimate of drug-likeness (QED) is 0.0628. The largest absolute Gasteiger partial charge is 0.506 e. The topological polar surface area (TPSA) is 156 Å². The molecular weight excluding hydrogens is 769 g/mol. The van der Waals surface area contributed by atoms with Gasteiger partial charge in [0, 0.05) is 61.5 Å². The molecule has 0 aliphatic carbocycles. The van der Waals surface area contributed by atoms with Gasteiger partial charge in [0.05, 0.1) is 17.6 Å². The maximum absolute atomic E-state index is 13.2. The molecule has 0 atom stereocenters. The van der Waals surface area contributed by atoms with Crippen LogP contribution in [-0.2, 0) is 33.6 Å². The number of para-hydroxylation sites is 1. The molecule has 0 radical (unpaired) electrons. The summed E-state index contributed by atoms with van der Waals surface area (Å²) in [4.78, 5) is 57.3. The molecule has 314 valence electrons. The number of phenolic OH excluding ortho intramolecular Hbond substituents is 1. The lowest BCUT2D eigenvalue weighted by Crippen LogP contribution is -2.40. The van der Waals surface area contributed by atoms with Crippen LogP contribution in [0.15, 0.2) is 132 Å². The van der Waals surface area contributed by atoms with Gasteiger partial charge in [0.15, 0.2) is 0 Å². The number of aromatic amines is 1. The lowest BCUT2D eigenvalue weighted by molar-refractivity contribution is -0.118. The molecule has 61 heavy (non-hydrogen) atoms. The van der Waals surface area contributed by atoms with Crippen LogP contribution in [0.25, 0.3) is 22.0 Å². The van der Waals surface area contributed by atoms with E-state index in [0.29, 0.717) is 42.7 Å². The van der Waals surface area contributed by atoms with Gasteiger partial charge >= 0.3 is 6.09 Å². The minimum Gasteiger partial charge on any atom is -0.506 e. The molecule has 1 aromatic heterocycles. The van der Waals surface area contributed by atoms with E-state index in [9.17, 15) is 24.3 Å². The number of fused-ring (bicyclic) bond motifs is 1. The van der Waals surface area contributed by atoms with E-state index in [2.05, 4.69) is 25.8 Å². The van der Waals surface area contributed by atoms with Crippen LogP contribution in [-0.4, -0.2) is 78.8 Å². The van der Waals surface area contributed by atoms with Crippen molar-refractivity contribution in [2.24, 2.45) is 0 Å². The molecule has 6 aromatic rings. The summed E-state index contributed by atoms with van der Waals surface area (Å²) in [5.41, 5.74) is 7.29. The summed E-state index contributed by atoms with van der Waals surface area (Å²) in [6, 6.07) is 39.6. The Morgan fingerprint density at radius 2 is 1.56 bits per heavy atom. The Balaban J connectivity index is 0.792. The number of benzene rings is 5. The third-order valence-electron chi connectivity index (χ3n) is 11.1. The monoisotopic (exact) mass is 820 g/mol. The smallest absolute Gasteiger partial charge is 0.411 e. The molecule has 1 saturated heterocycles. The fourth-order valence-electron chi connectivity index (χ4n) is 7.68. The molecule has 1 aliphatic heterocycles. The number of H-pyrrole nitrogens is 1. The van der Waals surface area contributed by atoms with Crippen LogP contribution < -0.4 is 26.4 Å². The number of amides is 3. The summed E-state index contributed by atoms with van der Waals surface area (Å²) in [5.74, 6) is -0.102. The van der Waals surface area contributed by atoms with Crippen LogP contribution in [0.2, 0.25) is 0 Å². The summed E-state index contributed by atoms with van der Waals surface area (Å²) in [5, 5.41) is 20.3. The van der Waals surface area contributed by atoms with Crippen LogP contribution >= 0.6 is 0 Å². The van der Waals surface area contributed by atoms with Crippen molar-refractivity contribution < 1.29 is 24.2 Å². The first-order chi connectivity index (χ1) is 29.7. The van der Waals surface area contributed by atoms with Gasteiger partial charge in [-0.1, -0.05) is 78.9 Å². The van der Waals surface area contributed by atoms with Crippen molar-refractivity contribution in [2.45, 2.75) is 44.6 Å². The number of ether oxygens (including phenoxy) is 1. The Bertz CT molecular complexity index is 2500. The third-order valence-corrected chi connectivity index (χ3v) is 11.1. The Morgan fingerprint density at radius 1 is 0.803 bits per heavy atom. The van der Waals surface area contributed by atoms with E-state index in [0.717, 1.165) is 77.9 Å². The molecule has 1 aliphatic rings. The zero-order chi connectivity index (χ0) is 42.6. The average Bonchev–Trinajstić information content (AvgIpc) is 3.27. The highest BCUT2D eigenvalue weighted by atomic mass is 16.6. The van der Waals surface area contributed by atoms with Crippen LogP contribution in [0.4, 0.5) is 21.9 Å². The average molecular weight is 821 g/mol. The van der Waals surface area contributed by atoms with Gasteiger partial charge in [-0.25, -0.2) is 4.79 Å². The highest BCUT2D eigenvalue weighted by Gasteiger charge is 2.24. The number of phenols is 1. The number of likely N-dealkylation sites (tertiary alicyclic amines) is 1. The highest BCUT2D eigenvalue weighted by Crippen LogP contribution is 2.28. The first-order valence-electron chi connectivity index (χ1n) is 20.8. The maximum atomic E-state index is 13.2. The Labute approximate surface area is 355 Å². The van der Waals surface area contributed by atoms with Gasteiger partial charge in [0.25, 0.3) is 0 Å². The lowest BCUT2D eigenvalue weighted by Gasteiger charge is -2.31. The van der Waals surface area contributed by atoms with Crippen molar-refractivity contribution in [3.8, 4) is 16.9 Å². The standard InChI is InChI=1S/C49H52N6O6/c1-54(47(59)26-31-55-29-24-40(25-30-55)61-49(60)52-43-13-6-5-12-41(43)36-9-3-2-4-10-36)39-11-7-8-35(32-39)33-46(58)51-38-17-14-34(15-18-38)22-27-50-28-23-37-16-20-44(56)48-42(37)19-21-45(57)53-48/h2-21,32,40,50,56H,22-31,33H2,1H3,(H,51,58)(H,52,60)(H,53,57). The number of anilines is 3. The maximum Gasteiger partial charge on any atom is 0.411 e. The zero-order valence-electron chi connectivity index (χ0n) is 34.4. The number of hydrogen-bond acceptors (Lipinski definition) is 8. The number of hydrogen-bond donors (Lipinski definition) is 5. The van der Waals surface area contributed by atoms with Crippen molar-refractivity contribution in [2.75, 3.05) is 55.3 Å². The molecule has 2 heterocycles. The zero-order valence-corrected chi connectivity index (χ0v) is 34.4. The van der Waals surface area contributed by atoms with Crippen LogP contribution in [0, 0.1) is 0 Å². The summed E-state index contributed by atoms with van der Waals surface area (Å²) in [6.45, 7) is 3.58. The van der Waals surface area contributed by atoms with Crippen molar-refractivity contribution in [1.29, 1.82) is 0 Å². The molecular formula is C49H52N6O6. The number of nitrogens with zero attached hydrogens (tertiary/aromatic N) is 2. The molecule has 1 fully saturated rings. The fraction of sp³-hybridized carbons (Fsp3) is 0.265. The minimum absolute atomic E-state index is 0.0173. The number of aromatic nitrogens is 1. The second kappa shape index (κ2) is 20.5. The van der Waals surface area contributed by atoms with Gasteiger partial charge in [0.1, 0.15) is 11.9 Å². The fourth-order valence-corrected chi connectivity index (χ4v) is 7.68. The van der Waals surface area contributed by atoms with Gasteiger partial charge in [-0.2, -0.15) is 0 Å². The first-order valence-corrected chi connectivity index (χ1v) is 20.8. The number of pyridine rings is 1. The highest BCUT2D eigenvalue weighted by molar-refractivity contribution is 5.95. The van der Waals surface area contributed by atoms with Crippen LogP contribution in [0.1, 0.15) is 36.0 Å². The van der Waals surface area contributed by atoms with E-state index in [4.69, 9.17) is 4.74 Å². The second-order valence-electron chi connectivity index (χ2n) is 15.4. The Hall–Kier alpha value is -6.76. The van der Waals surface area contributed by atoms with Gasteiger partial charge in [-0.3, -0.25) is 19.7 Å². The normalized spacial score (nSPS) is 13.1. The van der Waals surface area contributed by atoms with Crippen molar-refractivity contribution in [3.63, 3.8) is 0 Å².